The Hall–Kier alpha value is -1.67. The van der Waals surface area contributed by atoms with Crippen molar-refractivity contribution in [1.82, 2.24) is 0 Å². The summed E-state index contributed by atoms with van der Waals surface area (Å²) in [4.78, 5) is 35.6. The minimum atomic E-state index is -0.628. The largest absolute Gasteiger partial charge is 0.455 e. The van der Waals surface area contributed by atoms with Crippen LogP contribution in [0.1, 0.15) is 38.5 Å². The van der Waals surface area contributed by atoms with Gasteiger partial charge >= 0.3 is 5.97 Å². The lowest BCUT2D eigenvalue weighted by Gasteiger charge is -2.58. The van der Waals surface area contributed by atoms with Crippen LogP contribution in [0.15, 0.2) is 18.2 Å². The number of ether oxygens (including phenoxy) is 1. The van der Waals surface area contributed by atoms with Crippen molar-refractivity contribution in [3.8, 4) is 0 Å². The zero-order valence-corrected chi connectivity index (χ0v) is 17.4. The van der Waals surface area contributed by atoms with Gasteiger partial charge in [0.1, 0.15) is 5.69 Å². The molecule has 4 fully saturated rings. The van der Waals surface area contributed by atoms with Crippen LogP contribution in [0.5, 0.6) is 0 Å². The van der Waals surface area contributed by atoms with E-state index >= 15 is 0 Å². The monoisotopic (exact) mass is 470 g/mol. The third-order valence-electron chi connectivity index (χ3n) is 6.19. The number of carbonyl (C=O) groups excluding carboxylic acids is 2. The van der Waals surface area contributed by atoms with E-state index in [-0.39, 0.29) is 26.7 Å². The Morgan fingerprint density at radius 2 is 1.96 bits per heavy atom. The molecule has 0 radical (unpaired) electrons. The lowest BCUT2D eigenvalue weighted by atomic mass is 9.49. The number of nitro benzene ring substituents is 1. The highest BCUT2D eigenvalue weighted by molar-refractivity contribution is 9.10. The first-order valence-electron chi connectivity index (χ1n) is 9.28. The van der Waals surface area contributed by atoms with Gasteiger partial charge in [-0.3, -0.25) is 19.7 Å². The van der Waals surface area contributed by atoms with Crippen LogP contribution in [0.3, 0.4) is 0 Å². The second-order valence-corrected chi connectivity index (χ2v) is 10.6. The minimum Gasteiger partial charge on any atom is -0.455 e. The Morgan fingerprint density at radius 3 is 2.57 bits per heavy atom. The van der Waals surface area contributed by atoms with Crippen LogP contribution in [0.2, 0.25) is 5.02 Å². The summed E-state index contributed by atoms with van der Waals surface area (Å²) in [5.41, 5.74) is -0.810. The molecular formula is C19H20BrClN2O5. The second-order valence-electron chi connectivity index (χ2n) is 8.44. The van der Waals surface area contributed by atoms with Gasteiger partial charge in [-0.1, -0.05) is 27.5 Å². The first-order chi connectivity index (χ1) is 13.2. The van der Waals surface area contributed by atoms with E-state index in [1.165, 1.54) is 24.6 Å². The molecule has 1 aromatic rings. The molecule has 150 valence electrons. The number of benzene rings is 1. The summed E-state index contributed by atoms with van der Waals surface area (Å²) in [6.07, 6.45) is 5.73. The van der Waals surface area contributed by atoms with Crippen LogP contribution in [-0.4, -0.2) is 27.7 Å². The number of halogens is 2. The summed E-state index contributed by atoms with van der Waals surface area (Å²) in [6.45, 7) is -0.477. The Morgan fingerprint density at radius 1 is 1.29 bits per heavy atom. The van der Waals surface area contributed by atoms with Crippen molar-refractivity contribution < 1.29 is 19.2 Å². The topological polar surface area (TPSA) is 98.5 Å². The Balaban J connectivity index is 1.40. The van der Waals surface area contributed by atoms with Gasteiger partial charge in [0.05, 0.1) is 10.3 Å². The van der Waals surface area contributed by atoms with Crippen molar-refractivity contribution in [3.63, 3.8) is 0 Å². The summed E-state index contributed by atoms with van der Waals surface area (Å²) in [5.74, 6) is 0.0883. The number of nitrogens with one attached hydrogen (secondary N) is 1. The Labute approximate surface area is 175 Å². The quantitative estimate of drug-likeness (QED) is 0.296. The van der Waals surface area contributed by atoms with E-state index in [2.05, 4.69) is 21.2 Å². The maximum absolute atomic E-state index is 12.9. The van der Waals surface area contributed by atoms with Gasteiger partial charge in [-0.25, -0.2) is 0 Å². The molecule has 1 aromatic carbocycles. The number of hydrogen-bond donors (Lipinski definition) is 1. The fourth-order valence-electron chi connectivity index (χ4n) is 5.63. The number of nitro groups is 1. The number of carbonyl (C=O) groups is 2. The molecular weight excluding hydrogens is 452 g/mol. The molecule has 2 atom stereocenters. The molecule has 7 nitrogen and oxygen atoms in total. The lowest BCUT2D eigenvalue weighted by Crippen LogP contribution is -2.56. The van der Waals surface area contributed by atoms with Crippen molar-refractivity contribution in [2.24, 2.45) is 17.3 Å². The molecule has 0 saturated heterocycles. The van der Waals surface area contributed by atoms with Crippen LogP contribution in [0.4, 0.5) is 11.4 Å². The SMILES string of the molecule is O=C(COC(=O)C12CC3CC(CC(Br)(C3)C1)C2)Nc1cc(Cl)ccc1[N+](=O)[O-]. The number of esters is 1. The molecule has 4 bridgehead atoms. The van der Waals surface area contributed by atoms with E-state index in [4.69, 9.17) is 16.3 Å². The number of rotatable bonds is 5. The summed E-state index contributed by atoms with van der Waals surface area (Å²) in [7, 11) is 0. The average molecular weight is 472 g/mol. The van der Waals surface area contributed by atoms with Crippen LogP contribution < -0.4 is 5.32 Å². The molecule has 2 unspecified atom stereocenters. The molecule has 0 aromatic heterocycles. The average Bonchev–Trinajstić information content (AvgIpc) is 2.57. The van der Waals surface area contributed by atoms with Gasteiger partial charge in [0.2, 0.25) is 0 Å². The minimum absolute atomic E-state index is 0.0137. The third-order valence-corrected chi connectivity index (χ3v) is 7.35. The molecule has 4 aliphatic rings. The van der Waals surface area contributed by atoms with E-state index in [0.717, 1.165) is 32.1 Å². The van der Waals surface area contributed by atoms with Crippen molar-refractivity contribution in [2.75, 3.05) is 11.9 Å². The maximum atomic E-state index is 12.9. The number of anilines is 1. The number of nitrogens with zero attached hydrogens (tertiary/aromatic N) is 1. The summed E-state index contributed by atoms with van der Waals surface area (Å²) in [5, 5.41) is 13.8. The second kappa shape index (κ2) is 6.99. The zero-order valence-electron chi connectivity index (χ0n) is 15.1. The smallest absolute Gasteiger partial charge is 0.312 e. The summed E-state index contributed by atoms with van der Waals surface area (Å²) in [6, 6.07) is 3.89. The van der Waals surface area contributed by atoms with Crippen molar-refractivity contribution in [1.29, 1.82) is 0 Å². The van der Waals surface area contributed by atoms with Crippen molar-refractivity contribution in [2.45, 2.75) is 42.8 Å². The zero-order chi connectivity index (χ0) is 20.1. The number of alkyl halides is 1. The van der Waals surface area contributed by atoms with Gasteiger partial charge < -0.3 is 10.1 Å². The first-order valence-corrected chi connectivity index (χ1v) is 10.5. The van der Waals surface area contributed by atoms with Gasteiger partial charge in [0.15, 0.2) is 6.61 Å². The Kier molecular flexibility index (Phi) is 4.90. The molecule has 28 heavy (non-hydrogen) atoms. The maximum Gasteiger partial charge on any atom is 0.312 e. The summed E-state index contributed by atoms with van der Waals surface area (Å²) < 4.78 is 5.38. The molecule has 9 heteroatoms. The predicted molar refractivity (Wildman–Crippen MR) is 106 cm³/mol. The molecule has 1 N–H and O–H groups in total. The van der Waals surface area contributed by atoms with E-state index in [1.807, 2.05) is 0 Å². The van der Waals surface area contributed by atoms with E-state index in [1.54, 1.807) is 0 Å². The van der Waals surface area contributed by atoms with Gasteiger partial charge in [-0.15, -0.1) is 0 Å². The fourth-order valence-corrected chi connectivity index (χ4v) is 7.25. The highest BCUT2D eigenvalue weighted by Crippen LogP contribution is 2.64. The van der Waals surface area contributed by atoms with Gasteiger partial charge in [-0.2, -0.15) is 0 Å². The molecule has 4 saturated carbocycles. The third kappa shape index (κ3) is 3.64. The molecule has 4 aliphatic carbocycles. The molecule has 5 rings (SSSR count). The number of amides is 1. The van der Waals surface area contributed by atoms with Crippen LogP contribution in [0, 0.1) is 27.4 Å². The predicted octanol–water partition coefficient (Wildman–Crippen LogP) is 4.46. The Bertz CT molecular complexity index is 847. The lowest BCUT2D eigenvalue weighted by molar-refractivity contribution is -0.383. The van der Waals surface area contributed by atoms with Crippen molar-refractivity contribution >= 4 is 50.8 Å². The molecule has 0 heterocycles. The van der Waals surface area contributed by atoms with Gasteiger partial charge in [0.25, 0.3) is 11.6 Å². The first kappa shape index (κ1) is 19.6. The fraction of sp³-hybridized carbons (Fsp3) is 0.579. The standard InChI is InChI=1S/C19H20BrClN2O5/c20-19-7-11-3-12(8-19)6-18(5-11,10-19)17(25)28-9-16(24)22-14-4-13(21)1-2-15(14)23(26)27/h1-2,4,11-12H,3,5-10H2,(H,22,24). The van der Waals surface area contributed by atoms with E-state index in [0.29, 0.717) is 11.8 Å². The molecule has 0 spiro atoms. The van der Waals surface area contributed by atoms with Gasteiger partial charge in [-0.05, 0) is 62.5 Å². The van der Waals surface area contributed by atoms with Crippen LogP contribution >= 0.6 is 27.5 Å². The van der Waals surface area contributed by atoms with Crippen molar-refractivity contribution in [3.05, 3.63) is 33.3 Å². The summed E-state index contributed by atoms with van der Waals surface area (Å²) >= 11 is 9.71. The highest BCUT2D eigenvalue weighted by atomic mass is 79.9. The number of hydrogen-bond acceptors (Lipinski definition) is 5. The van der Waals surface area contributed by atoms with Crippen LogP contribution in [-0.2, 0) is 14.3 Å². The van der Waals surface area contributed by atoms with E-state index < -0.39 is 22.9 Å². The highest BCUT2D eigenvalue weighted by Gasteiger charge is 2.60. The van der Waals surface area contributed by atoms with Crippen LogP contribution in [0.25, 0.3) is 0 Å². The molecule has 0 aliphatic heterocycles. The van der Waals surface area contributed by atoms with E-state index in [9.17, 15) is 19.7 Å². The normalized spacial score (nSPS) is 32.8. The van der Waals surface area contributed by atoms with Gasteiger partial charge in [0, 0.05) is 15.4 Å². The molecule has 1 amide bonds.